The largest absolute Gasteiger partial charge is 0.368 e. The van der Waals surface area contributed by atoms with Gasteiger partial charge in [0.2, 0.25) is 5.96 Å². The van der Waals surface area contributed by atoms with Crippen molar-refractivity contribution in [2.75, 3.05) is 19.1 Å². The second kappa shape index (κ2) is 5.99. The van der Waals surface area contributed by atoms with Crippen LogP contribution >= 0.6 is 11.8 Å². The van der Waals surface area contributed by atoms with Gasteiger partial charge in [-0.05, 0) is 12.7 Å². The van der Waals surface area contributed by atoms with E-state index in [1.54, 1.807) is 11.8 Å². The summed E-state index contributed by atoms with van der Waals surface area (Å²) in [6.07, 6.45) is 3.12. The first kappa shape index (κ1) is 11.4. The van der Waals surface area contributed by atoms with E-state index in [1.165, 1.54) is 0 Å². The molecule has 0 bridgehead atoms. The summed E-state index contributed by atoms with van der Waals surface area (Å²) in [6, 6.07) is 0.423. The quantitative estimate of drug-likeness (QED) is 0.288. The molecule has 0 aliphatic heterocycles. The van der Waals surface area contributed by atoms with Crippen LogP contribution in [0.3, 0.4) is 0 Å². The molecule has 0 aromatic rings. The number of nitrogens with two attached hydrogens (primary N) is 2. The van der Waals surface area contributed by atoms with Crippen molar-refractivity contribution in [2.45, 2.75) is 19.4 Å². The Bertz CT molecular complexity index is 148. The molecule has 12 heavy (non-hydrogen) atoms. The summed E-state index contributed by atoms with van der Waals surface area (Å²) in [4.78, 5) is 1.91. The topological polar surface area (TPSA) is 67.6 Å². The minimum Gasteiger partial charge on any atom is -0.368 e. The van der Waals surface area contributed by atoms with Gasteiger partial charge in [-0.15, -0.1) is 5.10 Å². The molecule has 4 nitrogen and oxygen atoms in total. The Hall–Kier alpha value is -0.580. The molecule has 72 valence electrons. The van der Waals surface area contributed by atoms with Gasteiger partial charge in [0.25, 0.3) is 0 Å². The van der Waals surface area contributed by atoms with Crippen molar-refractivity contribution in [2.24, 2.45) is 16.7 Å². The molecule has 0 aromatic heterocycles. The second-order valence-electron chi connectivity index (χ2n) is 2.62. The van der Waals surface area contributed by atoms with Crippen LogP contribution in [-0.4, -0.2) is 36.0 Å². The molecule has 1 atom stereocenters. The molecule has 1 unspecified atom stereocenters. The lowest BCUT2D eigenvalue weighted by Crippen LogP contribution is -2.43. The maximum Gasteiger partial charge on any atom is 0.213 e. The van der Waals surface area contributed by atoms with Gasteiger partial charge in [0.1, 0.15) is 0 Å². The summed E-state index contributed by atoms with van der Waals surface area (Å²) in [5.41, 5.74) is 5.56. The molecule has 4 N–H and O–H groups in total. The van der Waals surface area contributed by atoms with E-state index in [0.29, 0.717) is 12.0 Å². The standard InChI is InChI=1S/C7H18N4S/c1-4-6(5-12-3)11(2)7(8)10-9/h6H,4-5,9H2,1-3H3,(H2,8,10). The maximum absolute atomic E-state index is 5.56. The highest BCUT2D eigenvalue weighted by molar-refractivity contribution is 7.98. The summed E-state index contributed by atoms with van der Waals surface area (Å²) in [5.74, 6) is 6.52. The van der Waals surface area contributed by atoms with Crippen molar-refractivity contribution in [3.8, 4) is 0 Å². The fourth-order valence-corrected chi connectivity index (χ4v) is 1.82. The number of nitrogens with zero attached hydrogens (tertiary/aromatic N) is 2. The Labute approximate surface area is 78.4 Å². The summed E-state index contributed by atoms with van der Waals surface area (Å²) < 4.78 is 0. The third kappa shape index (κ3) is 3.21. The molecule has 0 heterocycles. The SMILES string of the molecule is CCC(CSC)N(C)C(N)=NN. The zero-order valence-electron chi connectivity index (χ0n) is 7.95. The Morgan fingerprint density at radius 2 is 2.25 bits per heavy atom. The number of hydrogen-bond donors (Lipinski definition) is 2. The average Bonchev–Trinajstić information content (AvgIpc) is 2.11. The molecule has 0 spiro atoms. The lowest BCUT2D eigenvalue weighted by atomic mass is 10.2. The molecular formula is C7H18N4S. The van der Waals surface area contributed by atoms with Crippen molar-refractivity contribution in [1.29, 1.82) is 0 Å². The zero-order chi connectivity index (χ0) is 9.56. The molecule has 5 heteroatoms. The van der Waals surface area contributed by atoms with E-state index in [1.807, 2.05) is 11.9 Å². The van der Waals surface area contributed by atoms with Gasteiger partial charge in [-0.3, -0.25) is 0 Å². The Morgan fingerprint density at radius 1 is 1.67 bits per heavy atom. The van der Waals surface area contributed by atoms with Gasteiger partial charge in [-0.2, -0.15) is 11.8 Å². The van der Waals surface area contributed by atoms with Crippen LogP contribution in [0.4, 0.5) is 0 Å². The summed E-state index contributed by atoms with van der Waals surface area (Å²) in [6.45, 7) is 2.13. The van der Waals surface area contributed by atoms with Gasteiger partial charge in [-0.25, -0.2) is 0 Å². The summed E-state index contributed by atoms with van der Waals surface area (Å²) in [5, 5.41) is 3.45. The van der Waals surface area contributed by atoms with Crippen LogP contribution < -0.4 is 11.6 Å². The van der Waals surface area contributed by atoms with E-state index in [2.05, 4.69) is 18.3 Å². The minimum atomic E-state index is 0.399. The van der Waals surface area contributed by atoms with E-state index in [-0.39, 0.29) is 0 Å². The average molecular weight is 190 g/mol. The van der Waals surface area contributed by atoms with Gasteiger partial charge in [0.05, 0.1) is 0 Å². The Morgan fingerprint density at radius 3 is 2.58 bits per heavy atom. The van der Waals surface area contributed by atoms with Gasteiger partial charge >= 0.3 is 0 Å². The predicted molar refractivity (Wildman–Crippen MR) is 56.0 cm³/mol. The van der Waals surface area contributed by atoms with Crippen LogP contribution in [0.15, 0.2) is 5.10 Å². The lowest BCUT2D eigenvalue weighted by Gasteiger charge is -2.26. The van der Waals surface area contributed by atoms with Crippen LogP contribution in [-0.2, 0) is 0 Å². The van der Waals surface area contributed by atoms with Gasteiger partial charge in [0.15, 0.2) is 0 Å². The number of hydrazone groups is 1. The van der Waals surface area contributed by atoms with E-state index >= 15 is 0 Å². The molecule has 0 fully saturated rings. The fourth-order valence-electron chi connectivity index (χ4n) is 0.974. The second-order valence-corrected chi connectivity index (χ2v) is 3.53. The number of thioether (sulfide) groups is 1. The smallest absolute Gasteiger partial charge is 0.213 e. The molecule has 0 radical (unpaired) electrons. The highest BCUT2D eigenvalue weighted by Crippen LogP contribution is 2.07. The predicted octanol–water partition coefficient (Wildman–Crippen LogP) is 0.248. The number of rotatable bonds is 4. The highest BCUT2D eigenvalue weighted by Gasteiger charge is 2.13. The Balaban J connectivity index is 4.10. The van der Waals surface area contributed by atoms with Gasteiger partial charge in [-0.1, -0.05) is 6.92 Å². The van der Waals surface area contributed by atoms with Crippen molar-refractivity contribution in [3.63, 3.8) is 0 Å². The monoisotopic (exact) mass is 190 g/mol. The number of guanidine groups is 1. The molecule has 0 aromatic carbocycles. The molecule has 0 rings (SSSR count). The Kier molecular flexibility index (Phi) is 5.70. The van der Waals surface area contributed by atoms with Crippen LogP contribution in [0.5, 0.6) is 0 Å². The number of hydrogen-bond acceptors (Lipinski definition) is 3. The van der Waals surface area contributed by atoms with Gasteiger partial charge in [0, 0.05) is 18.8 Å². The van der Waals surface area contributed by atoms with Crippen molar-refractivity contribution in [1.82, 2.24) is 4.90 Å². The molecule has 0 amide bonds. The van der Waals surface area contributed by atoms with E-state index in [9.17, 15) is 0 Å². The molecule has 0 aliphatic carbocycles. The molecule has 0 aliphatic rings. The van der Waals surface area contributed by atoms with Crippen molar-refractivity contribution >= 4 is 17.7 Å². The first-order valence-corrected chi connectivity index (χ1v) is 5.31. The van der Waals surface area contributed by atoms with Gasteiger partial charge < -0.3 is 16.5 Å². The third-order valence-corrected chi connectivity index (χ3v) is 2.59. The summed E-state index contributed by atoms with van der Waals surface area (Å²) >= 11 is 1.80. The maximum atomic E-state index is 5.56. The first-order chi connectivity index (χ1) is 5.67. The normalized spacial score (nSPS) is 14.4. The van der Waals surface area contributed by atoms with Crippen LogP contribution in [0.1, 0.15) is 13.3 Å². The van der Waals surface area contributed by atoms with Crippen LogP contribution in [0.25, 0.3) is 0 Å². The van der Waals surface area contributed by atoms with Crippen molar-refractivity contribution in [3.05, 3.63) is 0 Å². The molecule has 0 saturated carbocycles. The van der Waals surface area contributed by atoms with E-state index < -0.39 is 0 Å². The summed E-state index contributed by atoms with van der Waals surface area (Å²) in [7, 11) is 1.91. The molecule has 0 saturated heterocycles. The first-order valence-electron chi connectivity index (χ1n) is 3.92. The zero-order valence-corrected chi connectivity index (χ0v) is 8.77. The van der Waals surface area contributed by atoms with Crippen LogP contribution in [0, 0.1) is 0 Å². The highest BCUT2D eigenvalue weighted by atomic mass is 32.2. The van der Waals surface area contributed by atoms with Crippen molar-refractivity contribution < 1.29 is 0 Å². The minimum absolute atomic E-state index is 0.399. The van der Waals surface area contributed by atoms with E-state index in [0.717, 1.165) is 12.2 Å². The van der Waals surface area contributed by atoms with Crippen LogP contribution in [0.2, 0.25) is 0 Å². The van der Waals surface area contributed by atoms with E-state index in [4.69, 9.17) is 11.6 Å². The lowest BCUT2D eigenvalue weighted by molar-refractivity contribution is 0.381. The fraction of sp³-hybridized carbons (Fsp3) is 0.857. The molecular weight excluding hydrogens is 172 g/mol. The third-order valence-electron chi connectivity index (χ3n) is 1.87.